The van der Waals surface area contributed by atoms with E-state index in [1.807, 2.05) is 6.92 Å². The highest BCUT2D eigenvalue weighted by atomic mass is 19.1. The summed E-state index contributed by atoms with van der Waals surface area (Å²) in [5.41, 5.74) is 2.02. The van der Waals surface area contributed by atoms with E-state index in [9.17, 15) is 9.59 Å². The quantitative estimate of drug-likeness (QED) is 0.634. The van der Waals surface area contributed by atoms with E-state index in [0.29, 0.717) is 28.9 Å². The van der Waals surface area contributed by atoms with Crippen LogP contribution in [0.2, 0.25) is 0 Å². The molecule has 2 N–H and O–H groups in total. The Morgan fingerprint density at radius 3 is 2.53 bits per heavy atom. The summed E-state index contributed by atoms with van der Waals surface area (Å²) in [5, 5.41) is 12.4. The number of carboxylic acid groups (broad SMARTS) is 1. The third kappa shape index (κ3) is 3.30. The molecule has 1 aliphatic heterocycles. The Hall–Kier alpha value is -3.42. The van der Waals surface area contributed by atoms with E-state index in [4.69, 9.17) is 10.1 Å². The van der Waals surface area contributed by atoms with E-state index in [1.54, 1.807) is 32.2 Å². The molecule has 3 atom stereocenters. The first-order chi connectivity index (χ1) is 15.2. The minimum absolute atomic E-state index is 0.00508. The highest BCUT2D eigenvalue weighted by Gasteiger charge is 2.46. The zero-order valence-corrected chi connectivity index (χ0v) is 18.2. The van der Waals surface area contributed by atoms with Gasteiger partial charge in [0.05, 0.1) is 17.1 Å². The number of aromatic nitrogens is 2. The van der Waals surface area contributed by atoms with Crippen LogP contribution in [0.4, 0.5) is 16.0 Å². The predicted molar refractivity (Wildman–Crippen MR) is 121 cm³/mol. The van der Waals surface area contributed by atoms with E-state index < -0.39 is 11.8 Å². The number of hydrogen-bond donors (Lipinski definition) is 2. The molecule has 2 aliphatic rings. The summed E-state index contributed by atoms with van der Waals surface area (Å²) in [6, 6.07) is 7.87. The molecule has 0 radical (unpaired) electrons. The largest absolute Gasteiger partial charge is 0.478 e. The van der Waals surface area contributed by atoms with Crippen molar-refractivity contribution in [3.8, 4) is 0 Å². The Morgan fingerprint density at radius 1 is 1.25 bits per heavy atom. The molecule has 1 aromatic heterocycles. The molecule has 166 valence electrons. The lowest BCUT2D eigenvalue weighted by Gasteiger charge is -2.24. The summed E-state index contributed by atoms with van der Waals surface area (Å²) in [5.74, 6) is 0.400. The maximum absolute atomic E-state index is 15.1. The van der Waals surface area contributed by atoms with Crippen LogP contribution in [0, 0.1) is 24.6 Å². The van der Waals surface area contributed by atoms with Crippen molar-refractivity contribution in [2.24, 2.45) is 18.9 Å². The van der Waals surface area contributed by atoms with Crippen molar-refractivity contribution in [1.82, 2.24) is 9.55 Å². The number of hydrogen-bond acceptors (Lipinski definition) is 5. The molecule has 5 rings (SSSR count). The van der Waals surface area contributed by atoms with Gasteiger partial charge in [0, 0.05) is 31.4 Å². The van der Waals surface area contributed by atoms with Crippen molar-refractivity contribution < 1.29 is 14.3 Å². The minimum atomic E-state index is -0.989. The standard InChI is InChI=1S/C24H25FN4O3/c1-12-8-18(13(2)26-17-6-4-14(5-7-17)23(31)32)21-19(20(12)25)22(30)28(3)24(27-21)29-10-15-9-16(15)11-29/h4-8,13,15-16,26H,9-11H2,1-3H3,(H,31,32). The summed E-state index contributed by atoms with van der Waals surface area (Å²) in [7, 11) is 1.65. The van der Waals surface area contributed by atoms with Crippen LogP contribution in [0.15, 0.2) is 35.1 Å². The van der Waals surface area contributed by atoms with Crippen LogP contribution in [-0.4, -0.2) is 33.7 Å². The third-order valence-electron chi connectivity index (χ3n) is 6.72. The number of benzene rings is 2. The van der Waals surface area contributed by atoms with Gasteiger partial charge in [0.1, 0.15) is 11.2 Å². The number of anilines is 2. The lowest BCUT2D eigenvalue weighted by molar-refractivity contribution is 0.0697. The molecule has 7 nitrogen and oxygen atoms in total. The van der Waals surface area contributed by atoms with Gasteiger partial charge in [0.25, 0.3) is 5.56 Å². The molecule has 1 saturated heterocycles. The first kappa shape index (κ1) is 20.5. The van der Waals surface area contributed by atoms with Crippen molar-refractivity contribution in [2.75, 3.05) is 23.3 Å². The van der Waals surface area contributed by atoms with Gasteiger partial charge >= 0.3 is 5.97 Å². The van der Waals surface area contributed by atoms with E-state index in [2.05, 4.69) is 10.2 Å². The van der Waals surface area contributed by atoms with Gasteiger partial charge < -0.3 is 15.3 Å². The van der Waals surface area contributed by atoms with Gasteiger partial charge in [-0.05, 0) is 68.0 Å². The molecule has 2 aromatic carbocycles. The molecule has 0 bridgehead atoms. The molecular weight excluding hydrogens is 411 g/mol. The molecule has 8 heteroatoms. The number of nitrogens with one attached hydrogen (secondary N) is 1. The predicted octanol–water partition coefficient (Wildman–Crippen LogP) is 3.71. The van der Waals surface area contributed by atoms with Crippen molar-refractivity contribution in [2.45, 2.75) is 26.3 Å². The summed E-state index contributed by atoms with van der Waals surface area (Å²) in [6.45, 7) is 5.32. The molecule has 3 aromatic rings. The Morgan fingerprint density at radius 2 is 1.91 bits per heavy atom. The average molecular weight is 436 g/mol. The zero-order valence-electron chi connectivity index (χ0n) is 18.2. The Labute approximate surface area is 184 Å². The summed E-state index contributed by atoms with van der Waals surface area (Å²) >= 11 is 0. The normalized spacial score (nSPS) is 20.3. The molecule has 1 aliphatic carbocycles. The molecule has 2 heterocycles. The van der Waals surface area contributed by atoms with Gasteiger partial charge in [0.15, 0.2) is 0 Å². The SMILES string of the molecule is Cc1cc(C(C)Nc2ccc(C(=O)O)cc2)c2nc(N3CC4CC4C3)n(C)c(=O)c2c1F. The minimum Gasteiger partial charge on any atom is -0.478 e. The molecule has 32 heavy (non-hydrogen) atoms. The Balaban J connectivity index is 1.58. The van der Waals surface area contributed by atoms with Gasteiger partial charge in [-0.25, -0.2) is 14.2 Å². The van der Waals surface area contributed by atoms with E-state index in [0.717, 1.165) is 24.3 Å². The molecule has 2 fully saturated rings. The summed E-state index contributed by atoms with van der Waals surface area (Å²) in [6.07, 6.45) is 1.23. The molecule has 1 saturated carbocycles. The smallest absolute Gasteiger partial charge is 0.335 e. The monoisotopic (exact) mass is 436 g/mol. The number of carboxylic acids is 1. The number of piperidine rings is 1. The topological polar surface area (TPSA) is 87.5 Å². The van der Waals surface area contributed by atoms with Crippen molar-refractivity contribution >= 4 is 28.5 Å². The maximum atomic E-state index is 15.1. The number of aromatic carboxylic acids is 1. The second-order valence-corrected chi connectivity index (χ2v) is 9.01. The zero-order chi connectivity index (χ0) is 22.7. The van der Waals surface area contributed by atoms with Crippen LogP contribution in [0.5, 0.6) is 0 Å². The van der Waals surface area contributed by atoms with E-state index in [-0.39, 0.29) is 22.6 Å². The number of aryl methyl sites for hydroxylation is 1. The van der Waals surface area contributed by atoms with Crippen LogP contribution < -0.4 is 15.8 Å². The van der Waals surface area contributed by atoms with Gasteiger partial charge in [-0.2, -0.15) is 0 Å². The molecule has 3 unspecified atom stereocenters. The number of fused-ring (bicyclic) bond motifs is 2. The number of nitrogens with zero attached hydrogens (tertiary/aromatic N) is 3. The van der Waals surface area contributed by atoms with Gasteiger partial charge in [-0.15, -0.1) is 0 Å². The Kier molecular flexibility index (Phi) is 4.69. The average Bonchev–Trinajstić information content (AvgIpc) is 3.38. The summed E-state index contributed by atoms with van der Waals surface area (Å²) in [4.78, 5) is 31.2. The third-order valence-corrected chi connectivity index (χ3v) is 6.72. The second-order valence-electron chi connectivity index (χ2n) is 9.01. The van der Waals surface area contributed by atoms with Crippen LogP contribution in [0.25, 0.3) is 10.9 Å². The van der Waals surface area contributed by atoms with Crippen molar-refractivity contribution in [3.63, 3.8) is 0 Å². The first-order valence-corrected chi connectivity index (χ1v) is 10.8. The van der Waals surface area contributed by atoms with Crippen LogP contribution >= 0.6 is 0 Å². The highest BCUT2D eigenvalue weighted by Crippen LogP contribution is 2.46. The van der Waals surface area contributed by atoms with Crippen molar-refractivity contribution in [3.05, 3.63) is 63.2 Å². The first-order valence-electron chi connectivity index (χ1n) is 10.8. The lowest BCUT2D eigenvalue weighted by Crippen LogP contribution is -2.32. The number of halogens is 1. The van der Waals surface area contributed by atoms with Crippen LogP contribution in [0.1, 0.15) is 40.9 Å². The fourth-order valence-electron chi connectivity index (χ4n) is 4.77. The fourth-order valence-corrected chi connectivity index (χ4v) is 4.77. The van der Waals surface area contributed by atoms with Crippen LogP contribution in [0.3, 0.4) is 0 Å². The number of carbonyl (C=O) groups is 1. The van der Waals surface area contributed by atoms with Gasteiger partial charge in [0.2, 0.25) is 5.95 Å². The number of rotatable bonds is 5. The van der Waals surface area contributed by atoms with Crippen molar-refractivity contribution in [1.29, 1.82) is 0 Å². The van der Waals surface area contributed by atoms with E-state index in [1.165, 1.54) is 23.1 Å². The van der Waals surface area contributed by atoms with Gasteiger partial charge in [-0.3, -0.25) is 9.36 Å². The van der Waals surface area contributed by atoms with Crippen LogP contribution in [-0.2, 0) is 7.05 Å². The summed E-state index contributed by atoms with van der Waals surface area (Å²) < 4.78 is 16.5. The molecule has 0 spiro atoms. The highest BCUT2D eigenvalue weighted by molar-refractivity contribution is 5.88. The van der Waals surface area contributed by atoms with E-state index >= 15 is 4.39 Å². The van der Waals surface area contributed by atoms with Gasteiger partial charge in [-0.1, -0.05) is 0 Å². The molecular formula is C24H25FN4O3. The molecule has 0 amide bonds. The fraction of sp³-hybridized carbons (Fsp3) is 0.375. The maximum Gasteiger partial charge on any atom is 0.335 e. The Bertz CT molecular complexity index is 1290. The second kappa shape index (κ2) is 7.32. The lowest BCUT2D eigenvalue weighted by atomic mass is 10.00.